The first-order valence-electron chi connectivity index (χ1n) is 11.7. The van der Waals surface area contributed by atoms with Gasteiger partial charge in [0.25, 0.3) is 16.8 Å². The van der Waals surface area contributed by atoms with E-state index in [9.17, 15) is 34.6 Å². The van der Waals surface area contributed by atoms with Crippen molar-refractivity contribution < 1.29 is 33.7 Å². The second-order valence-electron chi connectivity index (χ2n) is 8.23. The number of ether oxygens (including phenoxy) is 2. The molecule has 1 aliphatic rings. The third-order valence-electron chi connectivity index (χ3n) is 5.42. The Bertz CT molecular complexity index is 1610. The molecule has 0 unspecified atom stereocenters. The summed E-state index contributed by atoms with van der Waals surface area (Å²) in [6, 6.07) is 13.8. The van der Waals surface area contributed by atoms with Crippen LogP contribution in [0.2, 0.25) is 5.02 Å². The minimum atomic E-state index is -0.803. The lowest BCUT2D eigenvalue weighted by Gasteiger charge is -2.13. The molecule has 3 aromatic rings. The Morgan fingerprint density at radius 2 is 1.78 bits per heavy atom. The van der Waals surface area contributed by atoms with E-state index in [1.165, 1.54) is 30.3 Å². The number of carbonyl (C=O) groups is 3. The van der Waals surface area contributed by atoms with E-state index in [0.29, 0.717) is 28.0 Å². The minimum absolute atomic E-state index is 0.0627. The van der Waals surface area contributed by atoms with E-state index in [1.54, 1.807) is 25.1 Å². The first-order chi connectivity index (χ1) is 19.5. The van der Waals surface area contributed by atoms with Crippen molar-refractivity contribution in [3.8, 4) is 17.2 Å². The van der Waals surface area contributed by atoms with E-state index in [-0.39, 0.29) is 28.8 Å². The van der Waals surface area contributed by atoms with Crippen molar-refractivity contribution in [1.29, 1.82) is 0 Å². The first-order valence-corrected chi connectivity index (χ1v) is 12.9. The van der Waals surface area contributed by atoms with Crippen LogP contribution in [0.4, 0.5) is 21.9 Å². The molecule has 1 saturated heterocycles. The van der Waals surface area contributed by atoms with Crippen LogP contribution in [0.5, 0.6) is 17.2 Å². The van der Waals surface area contributed by atoms with Crippen LogP contribution in [0.25, 0.3) is 6.08 Å². The number of nitro groups is 2. The van der Waals surface area contributed by atoms with Gasteiger partial charge in [-0.2, -0.15) is 0 Å². The number of hydrogen-bond acceptors (Lipinski definition) is 10. The predicted molar refractivity (Wildman–Crippen MR) is 150 cm³/mol. The summed E-state index contributed by atoms with van der Waals surface area (Å²) in [4.78, 5) is 59.6. The number of nitrogens with one attached hydrogen (secondary N) is 1. The molecule has 1 heterocycles. The maximum Gasteiger partial charge on any atom is 0.318 e. The molecular formula is C26H19ClN4O9S. The Kier molecular flexibility index (Phi) is 8.84. The number of carbonyl (C=O) groups excluding carboxylic acids is 3. The number of nitrogens with zero attached hydrogens (tertiary/aromatic N) is 3. The Morgan fingerprint density at radius 3 is 2.46 bits per heavy atom. The number of thioether (sulfide) groups is 1. The van der Waals surface area contributed by atoms with E-state index in [2.05, 4.69) is 5.32 Å². The highest BCUT2D eigenvalue weighted by Gasteiger charge is 2.36. The largest absolute Gasteiger partial charge is 0.490 e. The van der Waals surface area contributed by atoms with Gasteiger partial charge in [-0.05, 0) is 66.7 Å². The molecule has 1 N–H and O–H groups in total. The average molecular weight is 599 g/mol. The second kappa shape index (κ2) is 12.5. The number of nitro benzene ring substituents is 2. The predicted octanol–water partition coefficient (Wildman–Crippen LogP) is 6.02. The Balaban J connectivity index is 1.53. The highest BCUT2D eigenvalue weighted by Crippen LogP contribution is 2.39. The van der Waals surface area contributed by atoms with E-state index < -0.39 is 44.8 Å². The third kappa shape index (κ3) is 6.98. The highest BCUT2D eigenvalue weighted by atomic mass is 35.5. The molecule has 0 aliphatic carbocycles. The van der Waals surface area contributed by atoms with Gasteiger partial charge in [0.15, 0.2) is 11.5 Å². The molecule has 15 heteroatoms. The lowest BCUT2D eigenvalue weighted by molar-refractivity contribution is -0.394. The van der Waals surface area contributed by atoms with Crippen molar-refractivity contribution in [3.63, 3.8) is 0 Å². The smallest absolute Gasteiger partial charge is 0.318 e. The van der Waals surface area contributed by atoms with Gasteiger partial charge in [0, 0.05) is 16.8 Å². The zero-order chi connectivity index (χ0) is 29.7. The van der Waals surface area contributed by atoms with Gasteiger partial charge in [-0.3, -0.25) is 39.5 Å². The molecule has 3 aromatic carbocycles. The van der Waals surface area contributed by atoms with E-state index in [1.807, 2.05) is 0 Å². The van der Waals surface area contributed by atoms with Crippen LogP contribution < -0.4 is 14.8 Å². The summed E-state index contributed by atoms with van der Waals surface area (Å²) in [6.45, 7) is 1.39. The van der Waals surface area contributed by atoms with E-state index in [0.717, 1.165) is 23.1 Å². The Hall–Kier alpha value is -4.95. The zero-order valence-corrected chi connectivity index (χ0v) is 22.6. The SMILES string of the molecule is CCOc1cc(/C=C2/SC(=O)N(CC(=O)Nc3cccc(Cl)c3)C2=O)ccc1Oc1ccc([N+](=O)[O-])cc1[N+](=O)[O-]. The Labute approximate surface area is 241 Å². The fourth-order valence-electron chi connectivity index (χ4n) is 3.63. The number of anilines is 1. The van der Waals surface area contributed by atoms with Gasteiger partial charge >= 0.3 is 5.69 Å². The molecule has 0 saturated carbocycles. The number of non-ortho nitro benzene ring substituents is 1. The van der Waals surface area contributed by atoms with Gasteiger partial charge in [-0.15, -0.1) is 0 Å². The van der Waals surface area contributed by atoms with Crippen LogP contribution >= 0.6 is 23.4 Å². The van der Waals surface area contributed by atoms with Crippen molar-refractivity contribution in [3.05, 3.63) is 96.4 Å². The maximum atomic E-state index is 12.9. The molecule has 0 bridgehead atoms. The van der Waals surface area contributed by atoms with Crippen molar-refractivity contribution >= 4 is 63.6 Å². The second-order valence-corrected chi connectivity index (χ2v) is 9.66. The normalized spacial score (nSPS) is 13.8. The molecule has 13 nitrogen and oxygen atoms in total. The molecular weight excluding hydrogens is 580 g/mol. The first kappa shape index (κ1) is 29.0. The van der Waals surface area contributed by atoms with Gasteiger partial charge in [-0.1, -0.05) is 23.7 Å². The van der Waals surface area contributed by atoms with Gasteiger partial charge in [0.2, 0.25) is 11.7 Å². The van der Waals surface area contributed by atoms with Crippen molar-refractivity contribution in [2.75, 3.05) is 18.5 Å². The molecule has 1 fully saturated rings. The van der Waals surface area contributed by atoms with Crippen LogP contribution in [0.15, 0.2) is 65.6 Å². The van der Waals surface area contributed by atoms with Gasteiger partial charge < -0.3 is 14.8 Å². The van der Waals surface area contributed by atoms with Crippen LogP contribution in [-0.2, 0) is 9.59 Å². The van der Waals surface area contributed by atoms with Crippen LogP contribution in [0, 0.1) is 20.2 Å². The number of rotatable bonds is 10. The number of amides is 3. The van der Waals surface area contributed by atoms with Crippen molar-refractivity contribution in [2.45, 2.75) is 6.92 Å². The molecule has 210 valence electrons. The number of hydrogen-bond donors (Lipinski definition) is 1. The summed E-state index contributed by atoms with van der Waals surface area (Å²) in [6.07, 6.45) is 1.43. The standard InChI is InChI=1S/C26H19ClN4O9S/c1-2-39-22-10-15(6-8-21(22)40-20-9-7-18(30(35)36)13-19(20)31(37)38)11-23-25(33)29(26(34)41-23)14-24(32)28-17-5-3-4-16(27)12-17/h3-13H,2,14H2,1H3,(H,28,32)/b23-11+. The van der Waals surface area contributed by atoms with Gasteiger partial charge in [0.05, 0.1) is 27.4 Å². The lowest BCUT2D eigenvalue weighted by Crippen LogP contribution is -2.36. The summed E-state index contributed by atoms with van der Waals surface area (Å²) in [5.74, 6) is -1.26. The monoisotopic (exact) mass is 598 g/mol. The van der Waals surface area contributed by atoms with Crippen LogP contribution in [-0.4, -0.2) is 45.0 Å². The Morgan fingerprint density at radius 1 is 1.02 bits per heavy atom. The molecule has 0 radical (unpaired) electrons. The molecule has 4 rings (SSSR count). The third-order valence-corrected chi connectivity index (χ3v) is 6.56. The van der Waals surface area contributed by atoms with E-state index >= 15 is 0 Å². The van der Waals surface area contributed by atoms with Crippen molar-refractivity contribution in [1.82, 2.24) is 4.90 Å². The minimum Gasteiger partial charge on any atom is -0.490 e. The van der Waals surface area contributed by atoms with Crippen molar-refractivity contribution in [2.24, 2.45) is 0 Å². The topological polar surface area (TPSA) is 171 Å². The van der Waals surface area contributed by atoms with Gasteiger partial charge in [-0.25, -0.2) is 0 Å². The van der Waals surface area contributed by atoms with E-state index in [4.69, 9.17) is 21.1 Å². The fraction of sp³-hybridized carbons (Fsp3) is 0.115. The summed E-state index contributed by atoms with van der Waals surface area (Å²) in [5, 5.41) is 24.8. The number of imide groups is 1. The molecule has 0 atom stereocenters. The summed E-state index contributed by atoms with van der Waals surface area (Å²) in [5.41, 5.74) is -0.234. The molecule has 1 aliphatic heterocycles. The quantitative estimate of drug-likeness (QED) is 0.165. The van der Waals surface area contributed by atoms with Crippen LogP contribution in [0.1, 0.15) is 12.5 Å². The highest BCUT2D eigenvalue weighted by molar-refractivity contribution is 8.18. The summed E-state index contributed by atoms with van der Waals surface area (Å²) < 4.78 is 11.3. The molecule has 3 amide bonds. The molecule has 0 spiro atoms. The van der Waals surface area contributed by atoms with Crippen LogP contribution in [0.3, 0.4) is 0 Å². The average Bonchev–Trinajstić information content (AvgIpc) is 3.17. The van der Waals surface area contributed by atoms with Gasteiger partial charge in [0.1, 0.15) is 6.54 Å². The lowest BCUT2D eigenvalue weighted by atomic mass is 10.1. The maximum absolute atomic E-state index is 12.9. The number of halogens is 1. The molecule has 41 heavy (non-hydrogen) atoms. The fourth-order valence-corrected chi connectivity index (χ4v) is 4.66. The molecule has 0 aromatic heterocycles. The summed E-state index contributed by atoms with van der Waals surface area (Å²) in [7, 11) is 0. The summed E-state index contributed by atoms with van der Waals surface area (Å²) >= 11 is 6.57. The zero-order valence-electron chi connectivity index (χ0n) is 21.1. The number of benzene rings is 3.